The molecule has 0 bridgehead atoms. The fourth-order valence-corrected chi connectivity index (χ4v) is 4.03. The van der Waals surface area contributed by atoms with Crippen LogP contribution in [0.15, 0.2) is 23.3 Å². The van der Waals surface area contributed by atoms with Crippen LogP contribution in [-0.4, -0.2) is 54.7 Å². The summed E-state index contributed by atoms with van der Waals surface area (Å²) in [6, 6.07) is 0. The SMILES string of the molecule is CN1CC=C(C(C)(C)CCC(C)(C)OC(=O)N2CC=C(C(C)(C)C)CC2)CC1. The third-order valence-corrected chi connectivity index (χ3v) is 6.43. The van der Waals surface area contributed by atoms with Crippen molar-refractivity contribution in [3.05, 3.63) is 23.3 Å². The average Bonchev–Trinajstić information content (AvgIpc) is 2.60. The maximum atomic E-state index is 12.7. The van der Waals surface area contributed by atoms with E-state index in [1.165, 1.54) is 5.57 Å². The van der Waals surface area contributed by atoms with E-state index in [2.05, 4.69) is 58.7 Å². The van der Waals surface area contributed by atoms with Gasteiger partial charge in [0.25, 0.3) is 0 Å². The molecule has 0 aromatic heterocycles. The number of hydrogen-bond donors (Lipinski definition) is 0. The Morgan fingerprint density at radius 3 is 2.04 bits per heavy atom. The highest BCUT2D eigenvalue weighted by atomic mass is 16.6. The fraction of sp³-hybridized carbons (Fsp3) is 0.792. The van der Waals surface area contributed by atoms with Crippen LogP contribution in [0.4, 0.5) is 4.79 Å². The third-order valence-electron chi connectivity index (χ3n) is 6.43. The number of ether oxygens (including phenoxy) is 1. The molecule has 28 heavy (non-hydrogen) atoms. The molecule has 2 heterocycles. The molecule has 160 valence electrons. The second-order valence-corrected chi connectivity index (χ2v) is 10.9. The molecule has 0 saturated heterocycles. The lowest BCUT2D eigenvalue weighted by Gasteiger charge is -2.37. The summed E-state index contributed by atoms with van der Waals surface area (Å²) < 4.78 is 5.93. The Morgan fingerprint density at radius 1 is 0.929 bits per heavy atom. The zero-order valence-corrected chi connectivity index (χ0v) is 19.5. The first-order chi connectivity index (χ1) is 12.8. The number of nitrogens with zero attached hydrogens (tertiary/aromatic N) is 2. The number of likely N-dealkylation sites (N-methyl/N-ethyl adjacent to an activating group) is 1. The Bertz CT molecular complexity index is 623. The van der Waals surface area contributed by atoms with Gasteiger partial charge in [-0.05, 0) is 57.4 Å². The minimum atomic E-state index is -0.450. The van der Waals surface area contributed by atoms with Gasteiger partial charge in [-0.3, -0.25) is 0 Å². The molecule has 4 heteroatoms. The van der Waals surface area contributed by atoms with Crippen LogP contribution in [0.5, 0.6) is 0 Å². The second-order valence-electron chi connectivity index (χ2n) is 10.9. The largest absolute Gasteiger partial charge is 0.443 e. The van der Waals surface area contributed by atoms with Gasteiger partial charge in [0.05, 0.1) is 0 Å². The zero-order chi connectivity index (χ0) is 21.2. The van der Waals surface area contributed by atoms with Gasteiger partial charge in [-0.15, -0.1) is 0 Å². The van der Waals surface area contributed by atoms with Crippen LogP contribution in [-0.2, 0) is 4.74 Å². The van der Waals surface area contributed by atoms with Crippen molar-refractivity contribution >= 4 is 6.09 Å². The first-order valence-electron chi connectivity index (χ1n) is 10.9. The van der Waals surface area contributed by atoms with E-state index in [4.69, 9.17) is 4.74 Å². The average molecular weight is 391 g/mol. The van der Waals surface area contributed by atoms with Gasteiger partial charge in [0, 0.05) is 26.2 Å². The number of rotatable bonds is 5. The number of carbonyl (C=O) groups is 1. The molecule has 0 spiro atoms. The lowest BCUT2D eigenvalue weighted by molar-refractivity contribution is 0.00386. The van der Waals surface area contributed by atoms with Gasteiger partial charge in [0.2, 0.25) is 0 Å². The van der Waals surface area contributed by atoms with Gasteiger partial charge in [-0.2, -0.15) is 0 Å². The van der Waals surface area contributed by atoms with Crippen LogP contribution in [0.2, 0.25) is 0 Å². The van der Waals surface area contributed by atoms with Gasteiger partial charge >= 0.3 is 6.09 Å². The molecule has 1 amide bonds. The van der Waals surface area contributed by atoms with Crippen molar-refractivity contribution in [1.82, 2.24) is 9.80 Å². The minimum Gasteiger partial charge on any atom is -0.443 e. The van der Waals surface area contributed by atoms with E-state index in [1.807, 2.05) is 18.7 Å². The second kappa shape index (κ2) is 8.61. The zero-order valence-electron chi connectivity index (χ0n) is 19.5. The molecule has 0 saturated carbocycles. The summed E-state index contributed by atoms with van der Waals surface area (Å²) >= 11 is 0. The Balaban J connectivity index is 1.88. The van der Waals surface area contributed by atoms with E-state index in [9.17, 15) is 4.79 Å². The lowest BCUT2D eigenvalue weighted by Crippen LogP contribution is -2.41. The normalized spacial score (nSPS) is 19.9. The van der Waals surface area contributed by atoms with Gasteiger partial charge in [-0.25, -0.2) is 4.79 Å². The summed E-state index contributed by atoms with van der Waals surface area (Å²) in [6.07, 6.45) is 8.38. The number of hydrogen-bond acceptors (Lipinski definition) is 3. The maximum absolute atomic E-state index is 12.7. The number of carbonyl (C=O) groups excluding carboxylic acids is 1. The molecular weight excluding hydrogens is 348 g/mol. The molecule has 2 aliphatic heterocycles. The van der Waals surface area contributed by atoms with E-state index in [0.29, 0.717) is 6.54 Å². The summed E-state index contributed by atoms with van der Waals surface area (Å²) in [7, 11) is 2.17. The van der Waals surface area contributed by atoms with Crippen molar-refractivity contribution in [3.63, 3.8) is 0 Å². The van der Waals surface area contributed by atoms with Crippen molar-refractivity contribution in [3.8, 4) is 0 Å². The maximum Gasteiger partial charge on any atom is 0.410 e. The Kier molecular flexibility index (Phi) is 7.07. The van der Waals surface area contributed by atoms with Crippen LogP contribution in [0.1, 0.15) is 74.1 Å². The predicted molar refractivity (Wildman–Crippen MR) is 118 cm³/mol. The summed E-state index contributed by atoms with van der Waals surface area (Å²) in [5.41, 5.74) is 2.87. The monoisotopic (exact) mass is 390 g/mol. The van der Waals surface area contributed by atoms with Crippen LogP contribution in [0.3, 0.4) is 0 Å². The van der Waals surface area contributed by atoms with E-state index >= 15 is 0 Å². The molecule has 4 nitrogen and oxygen atoms in total. The molecule has 0 unspecified atom stereocenters. The fourth-order valence-electron chi connectivity index (χ4n) is 4.03. The van der Waals surface area contributed by atoms with Gasteiger partial charge in [0.1, 0.15) is 5.60 Å². The summed E-state index contributed by atoms with van der Waals surface area (Å²) in [5, 5.41) is 0. The first kappa shape index (κ1) is 23.0. The molecule has 2 rings (SSSR count). The highest BCUT2D eigenvalue weighted by molar-refractivity contribution is 5.68. The predicted octanol–water partition coefficient (Wildman–Crippen LogP) is 5.65. The minimum absolute atomic E-state index is 0.153. The molecule has 2 aliphatic rings. The summed E-state index contributed by atoms with van der Waals surface area (Å²) in [4.78, 5) is 16.9. The van der Waals surface area contributed by atoms with Crippen molar-refractivity contribution in [2.75, 3.05) is 33.2 Å². The Hall–Kier alpha value is -1.29. The first-order valence-corrected chi connectivity index (χ1v) is 10.9. The van der Waals surface area contributed by atoms with E-state index < -0.39 is 5.60 Å². The van der Waals surface area contributed by atoms with Gasteiger partial charge in [-0.1, -0.05) is 57.9 Å². The van der Waals surface area contributed by atoms with Crippen molar-refractivity contribution in [2.45, 2.75) is 79.8 Å². The van der Waals surface area contributed by atoms with E-state index in [-0.39, 0.29) is 16.9 Å². The van der Waals surface area contributed by atoms with Crippen molar-refractivity contribution in [2.24, 2.45) is 10.8 Å². The molecule has 0 fully saturated rings. The summed E-state index contributed by atoms with van der Waals surface area (Å²) in [6.45, 7) is 19.0. The third kappa shape index (κ3) is 6.37. The van der Waals surface area contributed by atoms with E-state index in [1.54, 1.807) is 5.57 Å². The van der Waals surface area contributed by atoms with Crippen LogP contribution < -0.4 is 0 Å². The molecule has 0 aliphatic carbocycles. The van der Waals surface area contributed by atoms with Gasteiger partial charge < -0.3 is 14.5 Å². The quantitative estimate of drug-likeness (QED) is 0.569. The molecule has 0 radical (unpaired) electrons. The van der Waals surface area contributed by atoms with Crippen molar-refractivity contribution < 1.29 is 9.53 Å². The van der Waals surface area contributed by atoms with Gasteiger partial charge in [0.15, 0.2) is 0 Å². The topological polar surface area (TPSA) is 32.8 Å². The van der Waals surface area contributed by atoms with Crippen LogP contribution in [0, 0.1) is 10.8 Å². The smallest absolute Gasteiger partial charge is 0.410 e. The highest BCUT2D eigenvalue weighted by Crippen LogP contribution is 2.38. The molecule has 0 atom stereocenters. The van der Waals surface area contributed by atoms with Crippen LogP contribution >= 0.6 is 0 Å². The summed E-state index contributed by atoms with van der Waals surface area (Å²) in [5.74, 6) is 0. The molecular formula is C24H42N2O2. The molecule has 0 aromatic rings. The Morgan fingerprint density at radius 2 is 1.54 bits per heavy atom. The molecule has 0 N–H and O–H groups in total. The standard InChI is InChI=1S/C24H42N2O2/c1-22(2,3)19-11-17-26(18-12-19)21(27)28-24(6,7)14-13-23(4,5)20-9-15-25(8)16-10-20/h9,11H,10,12-18H2,1-8H3. The van der Waals surface area contributed by atoms with Crippen LogP contribution in [0.25, 0.3) is 0 Å². The highest BCUT2D eigenvalue weighted by Gasteiger charge is 2.32. The van der Waals surface area contributed by atoms with E-state index in [0.717, 1.165) is 45.3 Å². The Labute approximate surface area is 173 Å². The molecule has 0 aromatic carbocycles. The van der Waals surface area contributed by atoms with Crippen molar-refractivity contribution in [1.29, 1.82) is 0 Å². The number of amides is 1. The lowest BCUT2D eigenvalue weighted by atomic mass is 9.75.